The molecule has 0 aliphatic carbocycles. The van der Waals surface area contributed by atoms with Crippen molar-refractivity contribution in [2.75, 3.05) is 13.2 Å². The van der Waals surface area contributed by atoms with Crippen LogP contribution in [0.5, 0.6) is 0 Å². The average Bonchev–Trinajstić information content (AvgIpc) is 3.25. The second kappa shape index (κ2) is 7.43. The van der Waals surface area contributed by atoms with Crippen LogP contribution in [0.25, 0.3) is 0 Å². The van der Waals surface area contributed by atoms with Crippen LogP contribution in [0.4, 0.5) is 0 Å². The summed E-state index contributed by atoms with van der Waals surface area (Å²) in [4.78, 5) is 15.5. The molecule has 3 aliphatic heterocycles. The van der Waals surface area contributed by atoms with Gasteiger partial charge in [-0.05, 0) is 63.6 Å². The van der Waals surface area contributed by atoms with E-state index in [0.717, 1.165) is 44.1 Å². The van der Waals surface area contributed by atoms with Crippen molar-refractivity contribution in [2.24, 2.45) is 5.92 Å². The summed E-state index contributed by atoms with van der Waals surface area (Å²) in [6, 6.07) is 5.16. The molecule has 4 unspecified atom stereocenters. The van der Waals surface area contributed by atoms with E-state index in [1.165, 1.54) is 0 Å². The van der Waals surface area contributed by atoms with Crippen LogP contribution in [0.15, 0.2) is 23.1 Å². The number of fused-ring (bicyclic) bond motifs is 2. The number of hydrogen-bond donors (Lipinski definition) is 1. The van der Waals surface area contributed by atoms with E-state index in [2.05, 4.69) is 0 Å². The standard InChI is InChI=1S/C21H30N2O4S/c1-14-6-8-18(28(26,27)22-10-4-3-5-15(22)2)12-19(14)21(25)23-17-7-9-20(23)16(11-17)13-24/h6,8,12,15-17,20,24H,3-5,7,9-11,13H2,1-2H3. The highest BCUT2D eigenvalue weighted by Crippen LogP contribution is 2.42. The molecule has 2 bridgehead atoms. The average molecular weight is 407 g/mol. The molecule has 0 spiro atoms. The van der Waals surface area contributed by atoms with Gasteiger partial charge in [0.05, 0.1) is 4.90 Å². The number of sulfonamides is 1. The molecule has 1 amide bonds. The fraction of sp³-hybridized carbons (Fsp3) is 0.667. The minimum Gasteiger partial charge on any atom is -0.396 e. The lowest BCUT2D eigenvalue weighted by molar-refractivity contribution is 0.0706. The molecule has 7 heteroatoms. The molecule has 4 rings (SSSR count). The maximum absolute atomic E-state index is 13.3. The molecule has 1 aromatic carbocycles. The monoisotopic (exact) mass is 406 g/mol. The molecule has 154 valence electrons. The Morgan fingerprint density at radius 1 is 1.21 bits per heavy atom. The van der Waals surface area contributed by atoms with Gasteiger partial charge in [-0.1, -0.05) is 12.5 Å². The molecule has 28 heavy (non-hydrogen) atoms. The summed E-state index contributed by atoms with van der Waals surface area (Å²) in [5, 5.41) is 9.61. The second-order valence-electron chi connectivity index (χ2n) is 8.63. The molecule has 3 heterocycles. The number of hydrogen-bond acceptors (Lipinski definition) is 4. The maximum Gasteiger partial charge on any atom is 0.254 e. The van der Waals surface area contributed by atoms with Gasteiger partial charge < -0.3 is 10.0 Å². The highest BCUT2D eigenvalue weighted by Gasteiger charge is 2.48. The van der Waals surface area contributed by atoms with E-state index in [9.17, 15) is 18.3 Å². The Hall–Kier alpha value is -1.44. The van der Waals surface area contributed by atoms with E-state index >= 15 is 0 Å². The third-order valence-corrected chi connectivity index (χ3v) is 8.93. The molecule has 1 N–H and O–H groups in total. The molecule has 1 aromatic rings. The Kier molecular flexibility index (Phi) is 5.27. The Morgan fingerprint density at radius 3 is 2.68 bits per heavy atom. The number of piperidine rings is 1. The topological polar surface area (TPSA) is 77.9 Å². The normalized spacial score (nSPS) is 30.8. The van der Waals surface area contributed by atoms with Crippen LogP contribution in [0.3, 0.4) is 0 Å². The lowest BCUT2D eigenvalue weighted by atomic mass is 9.90. The largest absolute Gasteiger partial charge is 0.396 e. The van der Waals surface area contributed by atoms with E-state index < -0.39 is 10.0 Å². The predicted octanol–water partition coefficient (Wildman–Crippen LogP) is 2.54. The van der Waals surface area contributed by atoms with Crippen LogP contribution in [-0.4, -0.2) is 59.9 Å². The lowest BCUT2D eigenvalue weighted by Crippen LogP contribution is -2.42. The van der Waals surface area contributed by atoms with Crippen molar-refractivity contribution < 1.29 is 18.3 Å². The number of carbonyl (C=O) groups is 1. The molecule has 0 saturated carbocycles. The lowest BCUT2D eigenvalue weighted by Gasteiger charge is -2.32. The van der Waals surface area contributed by atoms with Gasteiger partial charge in [0.2, 0.25) is 10.0 Å². The van der Waals surface area contributed by atoms with Crippen LogP contribution in [0.2, 0.25) is 0 Å². The van der Waals surface area contributed by atoms with E-state index in [0.29, 0.717) is 12.1 Å². The van der Waals surface area contributed by atoms with Gasteiger partial charge in [-0.2, -0.15) is 4.31 Å². The highest BCUT2D eigenvalue weighted by molar-refractivity contribution is 7.89. The number of aliphatic hydroxyl groups is 1. The molecule has 3 fully saturated rings. The molecule has 3 aliphatic rings. The number of carbonyl (C=O) groups excluding carboxylic acids is 1. The number of aryl methyl sites for hydroxylation is 1. The highest BCUT2D eigenvalue weighted by atomic mass is 32.2. The molecular weight excluding hydrogens is 376 g/mol. The van der Waals surface area contributed by atoms with Gasteiger partial charge in [-0.15, -0.1) is 0 Å². The first-order valence-corrected chi connectivity index (χ1v) is 11.8. The number of rotatable bonds is 4. The molecule has 0 radical (unpaired) electrons. The fourth-order valence-electron chi connectivity index (χ4n) is 5.32. The van der Waals surface area contributed by atoms with Crippen LogP contribution in [0, 0.1) is 12.8 Å². The second-order valence-corrected chi connectivity index (χ2v) is 10.5. The third-order valence-electron chi connectivity index (χ3n) is 6.92. The van der Waals surface area contributed by atoms with Crippen molar-refractivity contribution in [1.82, 2.24) is 9.21 Å². The van der Waals surface area contributed by atoms with Crippen LogP contribution in [-0.2, 0) is 10.0 Å². The quantitative estimate of drug-likeness (QED) is 0.834. The summed E-state index contributed by atoms with van der Waals surface area (Å²) in [5.74, 6) is 0.0498. The van der Waals surface area contributed by atoms with Gasteiger partial charge in [0.15, 0.2) is 0 Å². The molecular formula is C21H30N2O4S. The van der Waals surface area contributed by atoms with Gasteiger partial charge in [-0.25, -0.2) is 8.42 Å². The molecule has 3 saturated heterocycles. The zero-order valence-corrected chi connectivity index (χ0v) is 17.5. The number of amides is 1. The van der Waals surface area contributed by atoms with Gasteiger partial charge in [0.1, 0.15) is 0 Å². The van der Waals surface area contributed by atoms with Crippen LogP contribution in [0.1, 0.15) is 61.4 Å². The van der Waals surface area contributed by atoms with E-state index in [4.69, 9.17) is 0 Å². The number of aliphatic hydroxyl groups excluding tert-OH is 1. The molecule has 0 aromatic heterocycles. The fourth-order valence-corrected chi connectivity index (χ4v) is 7.05. The summed E-state index contributed by atoms with van der Waals surface area (Å²) in [5.41, 5.74) is 1.27. The summed E-state index contributed by atoms with van der Waals surface area (Å²) >= 11 is 0. The summed E-state index contributed by atoms with van der Waals surface area (Å²) in [6.45, 7) is 4.45. The van der Waals surface area contributed by atoms with Crippen molar-refractivity contribution in [3.05, 3.63) is 29.3 Å². The predicted molar refractivity (Wildman–Crippen MR) is 107 cm³/mol. The Bertz CT molecular complexity index is 869. The SMILES string of the molecule is Cc1ccc(S(=O)(=O)N2CCCCC2C)cc1C(=O)N1C2CCC1C(CO)C2. The Morgan fingerprint density at radius 2 is 2.00 bits per heavy atom. The molecule has 4 atom stereocenters. The number of nitrogens with zero attached hydrogens (tertiary/aromatic N) is 2. The molecule has 6 nitrogen and oxygen atoms in total. The van der Waals surface area contributed by atoms with Gasteiger partial charge in [0.25, 0.3) is 5.91 Å². The summed E-state index contributed by atoms with van der Waals surface area (Å²) < 4.78 is 28.0. The van der Waals surface area contributed by atoms with Gasteiger partial charge >= 0.3 is 0 Å². The maximum atomic E-state index is 13.3. The zero-order chi connectivity index (χ0) is 20.1. The minimum absolute atomic E-state index is 0.0149. The Balaban J connectivity index is 1.65. The van der Waals surface area contributed by atoms with Crippen molar-refractivity contribution >= 4 is 15.9 Å². The smallest absolute Gasteiger partial charge is 0.254 e. The summed E-state index contributed by atoms with van der Waals surface area (Å²) in [7, 11) is -3.61. The van der Waals surface area contributed by atoms with Gasteiger partial charge in [0, 0.05) is 42.8 Å². The Labute approximate surface area is 167 Å². The third kappa shape index (κ3) is 3.17. The van der Waals surface area contributed by atoms with E-state index in [1.807, 2.05) is 18.7 Å². The van der Waals surface area contributed by atoms with Crippen LogP contribution >= 0.6 is 0 Å². The van der Waals surface area contributed by atoms with E-state index in [1.54, 1.807) is 22.5 Å². The van der Waals surface area contributed by atoms with Gasteiger partial charge in [-0.3, -0.25) is 4.79 Å². The first-order chi connectivity index (χ1) is 13.3. The minimum atomic E-state index is -3.61. The summed E-state index contributed by atoms with van der Waals surface area (Å²) in [6.07, 6.45) is 5.53. The first kappa shape index (κ1) is 19.9. The number of benzene rings is 1. The van der Waals surface area contributed by atoms with E-state index in [-0.39, 0.29) is 41.5 Å². The van der Waals surface area contributed by atoms with Crippen molar-refractivity contribution in [2.45, 2.75) is 75.4 Å². The van der Waals surface area contributed by atoms with Crippen molar-refractivity contribution in [3.63, 3.8) is 0 Å². The van der Waals surface area contributed by atoms with Crippen molar-refractivity contribution in [1.29, 1.82) is 0 Å². The van der Waals surface area contributed by atoms with Crippen LogP contribution < -0.4 is 0 Å². The first-order valence-electron chi connectivity index (χ1n) is 10.4. The van der Waals surface area contributed by atoms with Crippen molar-refractivity contribution in [3.8, 4) is 0 Å². The zero-order valence-electron chi connectivity index (χ0n) is 16.7.